The van der Waals surface area contributed by atoms with Crippen molar-refractivity contribution in [2.45, 2.75) is 24.3 Å². The maximum Gasteiger partial charge on any atom is 0.244 e. The third kappa shape index (κ3) is 4.17. The maximum atomic E-state index is 12.7. The second-order valence-corrected chi connectivity index (χ2v) is 8.31. The number of anilines is 1. The molecule has 2 heterocycles. The minimum atomic E-state index is -3.94. The number of amides is 1. The predicted octanol–water partition coefficient (Wildman–Crippen LogP) is 2.03. The summed E-state index contributed by atoms with van der Waals surface area (Å²) >= 11 is 0. The van der Waals surface area contributed by atoms with E-state index in [0.717, 1.165) is 5.52 Å². The molecule has 1 atom stereocenters. The van der Waals surface area contributed by atoms with Crippen LogP contribution in [0.3, 0.4) is 0 Å². The number of nitrogens with one attached hydrogen (secondary N) is 3. The molecule has 1 aliphatic heterocycles. The first-order valence-electron chi connectivity index (χ1n) is 9.10. The highest BCUT2D eigenvalue weighted by Gasteiger charge is 2.24. The number of rotatable bonds is 5. The summed E-state index contributed by atoms with van der Waals surface area (Å²) in [5, 5.41) is 2.59. The van der Waals surface area contributed by atoms with Crippen LogP contribution in [0.15, 0.2) is 47.4 Å². The SMILES string of the molecule is C[C@H](NS(=O)(=O)c1ccc2c(c1)OCCCO2)C(=O)Nc1nc2ccccc2[nH]1. The minimum absolute atomic E-state index is 0.00913. The number of hydrogen-bond donors (Lipinski definition) is 3. The molecule has 2 aromatic carbocycles. The summed E-state index contributed by atoms with van der Waals surface area (Å²) in [5.74, 6) is 0.571. The van der Waals surface area contributed by atoms with Crippen LogP contribution in [-0.4, -0.2) is 43.5 Å². The van der Waals surface area contributed by atoms with Gasteiger partial charge in [-0.15, -0.1) is 0 Å². The summed E-state index contributed by atoms with van der Waals surface area (Å²) in [5.41, 5.74) is 1.46. The molecule has 0 saturated heterocycles. The molecule has 0 aliphatic carbocycles. The van der Waals surface area contributed by atoms with Crippen molar-refractivity contribution in [3.8, 4) is 11.5 Å². The fourth-order valence-electron chi connectivity index (χ4n) is 2.90. The van der Waals surface area contributed by atoms with Gasteiger partial charge in [-0.25, -0.2) is 13.4 Å². The van der Waals surface area contributed by atoms with Gasteiger partial charge in [0, 0.05) is 12.5 Å². The van der Waals surface area contributed by atoms with Gasteiger partial charge in [-0.3, -0.25) is 10.1 Å². The van der Waals surface area contributed by atoms with Crippen LogP contribution in [0.1, 0.15) is 13.3 Å². The van der Waals surface area contributed by atoms with Gasteiger partial charge in [0.1, 0.15) is 0 Å². The van der Waals surface area contributed by atoms with Gasteiger partial charge < -0.3 is 14.5 Å². The quantitative estimate of drug-likeness (QED) is 0.585. The van der Waals surface area contributed by atoms with Gasteiger partial charge in [-0.2, -0.15) is 4.72 Å². The van der Waals surface area contributed by atoms with Crippen molar-refractivity contribution in [3.05, 3.63) is 42.5 Å². The number of ether oxygens (including phenoxy) is 2. The van der Waals surface area contributed by atoms with Crippen LogP contribution in [0.4, 0.5) is 5.95 Å². The Morgan fingerprint density at radius 1 is 1.14 bits per heavy atom. The number of hydrogen-bond acceptors (Lipinski definition) is 6. The molecule has 10 heteroatoms. The zero-order valence-electron chi connectivity index (χ0n) is 15.6. The first-order chi connectivity index (χ1) is 13.9. The van der Waals surface area contributed by atoms with E-state index in [2.05, 4.69) is 20.0 Å². The molecule has 0 spiro atoms. The van der Waals surface area contributed by atoms with Crippen LogP contribution in [0.2, 0.25) is 0 Å². The maximum absolute atomic E-state index is 12.7. The minimum Gasteiger partial charge on any atom is -0.490 e. The fraction of sp³-hybridized carbons (Fsp3) is 0.263. The molecule has 3 aromatic rings. The Bertz CT molecular complexity index is 1130. The number of nitrogens with zero attached hydrogens (tertiary/aromatic N) is 1. The van der Waals surface area contributed by atoms with E-state index in [1.165, 1.54) is 19.1 Å². The number of H-pyrrole nitrogens is 1. The molecular weight excluding hydrogens is 396 g/mol. The molecule has 29 heavy (non-hydrogen) atoms. The lowest BCUT2D eigenvalue weighted by molar-refractivity contribution is -0.117. The van der Waals surface area contributed by atoms with E-state index in [4.69, 9.17) is 9.47 Å². The standard InChI is InChI=1S/C19H20N4O5S/c1-12(18(24)22-19-20-14-5-2-3-6-15(14)21-19)23-29(25,26)13-7-8-16-17(11-13)28-10-4-9-27-16/h2-3,5-8,11-12,23H,4,9-10H2,1H3,(H2,20,21,22,24)/t12-/m0/s1. The highest BCUT2D eigenvalue weighted by molar-refractivity contribution is 7.89. The third-order valence-electron chi connectivity index (χ3n) is 4.39. The van der Waals surface area contributed by atoms with Crippen molar-refractivity contribution >= 4 is 32.9 Å². The third-order valence-corrected chi connectivity index (χ3v) is 5.92. The monoisotopic (exact) mass is 416 g/mol. The number of benzene rings is 2. The lowest BCUT2D eigenvalue weighted by atomic mass is 10.3. The normalized spacial score (nSPS) is 14.9. The topological polar surface area (TPSA) is 122 Å². The van der Waals surface area contributed by atoms with Crippen LogP contribution in [0.5, 0.6) is 11.5 Å². The second-order valence-electron chi connectivity index (χ2n) is 6.59. The summed E-state index contributed by atoms with van der Waals surface area (Å²) < 4.78 is 38.8. The zero-order chi connectivity index (χ0) is 20.4. The molecule has 9 nitrogen and oxygen atoms in total. The summed E-state index contributed by atoms with van der Waals surface area (Å²) in [4.78, 5) is 19.6. The first kappa shape index (κ1) is 19.2. The molecule has 1 amide bonds. The lowest BCUT2D eigenvalue weighted by Crippen LogP contribution is -2.41. The second kappa shape index (κ2) is 7.72. The zero-order valence-corrected chi connectivity index (χ0v) is 16.5. The number of carbonyl (C=O) groups excluding carboxylic acids is 1. The van der Waals surface area contributed by atoms with Crippen LogP contribution in [-0.2, 0) is 14.8 Å². The van der Waals surface area contributed by atoms with Crippen LogP contribution >= 0.6 is 0 Å². The highest BCUT2D eigenvalue weighted by Crippen LogP contribution is 2.31. The molecular formula is C19H20N4O5S. The molecule has 1 aromatic heterocycles. The number of fused-ring (bicyclic) bond motifs is 2. The van der Waals surface area contributed by atoms with Crippen LogP contribution in [0.25, 0.3) is 11.0 Å². The fourth-order valence-corrected chi connectivity index (χ4v) is 4.12. The van der Waals surface area contributed by atoms with Crippen molar-refractivity contribution in [1.29, 1.82) is 0 Å². The van der Waals surface area contributed by atoms with E-state index in [9.17, 15) is 13.2 Å². The Hall–Kier alpha value is -3.11. The van der Waals surface area contributed by atoms with Gasteiger partial charge in [-0.05, 0) is 31.2 Å². The molecule has 0 saturated carbocycles. The molecule has 0 fully saturated rings. The highest BCUT2D eigenvalue weighted by atomic mass is 32.2. The Balaban J connectivity index is 1.47. The molecule has 152 valence electrons. The lowest BCUT2D eigenvalue weighted by Gasteiger charge is -2.15. The first-order valence-corrected chi connectivity index (χ1v) is 10.6. The number of aromatic amines is 1. The van der Waals surface area contributed by atoms with Gasteiger partial charge in [0.05, 0.1) is 35.2 Å². The van der Waals surface area contributed by atoms with Crippen LogP contribution in [0, 0.1) is 0 Å². The average molecular weight is 416 g/mol. The molecule has 1 aliphatic rings. The molecule has 3 N–H and O–H groups in total. The van der Waals surface area contributed by atoms with Gasteiger partial charge in [0.2, 0.25) is 21.9 Å². The van der Waals surface area contributed by atoms with Crippen molar-refractivity contribution in [2.24, 2.45) is 0 Å². The van der Waals surface area contributed by atoms with E-state index in [1.54, 1.807) is 12.1 Å². The number of aromatic nitrogens is 2. The van der Waals surface area contributed by atoms with E-state index in [-0.39, 0.29) is 10.8 Å². The van der Waals surface area contributed by atoms with Gasteiger partial charge in [0.25, 0.3) is 0 Å². The summed E-state index contributed by atoms with van der Waals surface area (Å²) in [6, 6.07) is 10.6. The molecule has 4 rings (SSSR count). The summed E-state index contributed by atoms with van der Waals surface area (Å²) in [6.07, 6.45) is 0.716. The van der Waals surface area contributed by atoms with E-state index in [1.807, 2.05) is 18.2 Å². The van der Waals surface area contributed by atoms with Crippen molar-refractivity contribution < 1.29 is 22.7 Å². The van der Waals surface area contributed by atoms with Crippen LogP contribution < -0.4 is 19.5 Å². The Kier molecular flexibility index (Phi) is 5.12. The van der Waals surface area contributed by atoms with Crippen molar-refractivity contribution in [2.75, 3.05) is 18.5 Å². The average Bonchev–Trinajstić information content (AvgIpc) is 2.94. The number of para-hydroxylation sites is 2. The van der Waals surface area contributed by atoms with Crippen molar-refractivity contribution in [3.63, 3.8) is 0 Å². The summed E-state index contributed by atoms with van der Waals surface area (Å²) in [6.45, 7) is 2.41. The van der Waals surface area contributed by atoms with Gasteiger partial charge in [0.15, 0.2) is 11.5 Å². The van der Waals surface area contributed by atoms with Crippen molar-refractivity contribution in [1.82, 2.24) is 14.7 Å². The van der Waals surface area contributed by atoms with Gasteiger partial charge >= 0.3 is 0 Å². The molecule has 0 radical (unpaired) electrons. The number of carbonyl (C=O) groups is 1. The van der Waals surface area contributed by atoms with E-state index < -0.39 is 22.0 Å². The Morgan fingerprint density at radius 2 is 1.90 bits per heavy atom. The smallest absolute Gasteiger partial charge is 0.244 e. The Labute approximate surface area is 167 Å². The van der Waals surface area contributed by atoms with E-state index >= 15 is 0 Å². The largest absolute Gasteiger partial charge is 0.490 e. The molecule has 0 unspecified atom stereocenters. The number of sulfonamides is 1. The predicted molar refractivity (Wildman–Crippen MR) is 107 cm³/mol. The van der Waals surface area contributed by atoms with Gasteiger partial charge in [-0.1, -0.05) is 12.1 Å². The summed E-state index contributed by atoms with van der Waals surface area (Å²) in [7, 11) is -3.94. The Morgan fingerprint density at radius 3 is 2.69 bits per heavy atom. The molecule has 0 bridgehead atoms. The van der Waals surface area contributed by atoms with E-state index in [0.29, 0.717) is 36.7 Å². The number of imidazole rings is 1.